The molecule has 1 N–H and O–H groups in total. The number of hydrogen-bond acceptors (Lipinski definition) is 2. The van der Waals surface area contributed by atoms with Gasteiger partial charge in [0.05, 0.1) is 5.69 Å². The van der Waals surface area contributed by atoms with E-state index in [4.69, 9.17) is 4.74 Å². The molecule has 1 aliphatic carbocycles. The molecule has 0 bridgehead atoms. The van der Waals surface area contributed by atoms with Gasteiger partial charge in [-0.1, -0.05) is 18.2 Å². The summed E-state index contributed by atoms with van der Waals surface area (Å²) in [5.41, 5.74) is 2.37. The summed E-state index contributed by atoms with van der Waals surface area (Å²) in [6.45, 7) is 0. The van der Waals surface area contributed by atoms with Gasteiger partial charge in [-0.3, -0.25) is 4.79 Å². The minimum absolute atomic E-state index is 0.00695. The number of carbonyl (C=O) groups excluding carboxylic acids is 1. The Hall–Kier alpha value is -1.81. The molecule has 0 spiro atoms. The quantitative estimate of drug-likeness (QED) is 0.912. The van der Waals surface area contributed by atoms with Gasteiger partial charge in [0.2, 0.25) is 0 Å². The lowest BCUT2D eigenvalue weighted by molar-refractivity contribution is -0.156. The number of amides is 1. The second kappa shape index (κ2) is 4.63. The van der Waals surface area contributed by atoms with Crippen molar-refractivity contribution >= 4 is 16.8 Å². The summed E-state index contributed by atoms with van der Waals surface area (Å²) in [5.74, 6) is 0.00695. The fraction of sp³-hybridized carbons (Fsp3) is 0.438. The van der Waals surface area contributed by atoms with Gasteiger partial charge in [0.15, 0.2) is 5.60 Å². The van der Waals surface area contributed by atoms with Gasteiger partial charge in [-0.05, 0) is 30.9 Å². The highest BCUT2D eigenvalue weighted by atomic mass is 16.5. The number of methoxy groups -OCH3 is 1. The van der Waals surface area contributed by atoms with E-state index >= 15 is 0 Å². The average molecular weight is 272 g/mol. The highest BCUT2D eigenvalue weighted by Crippen LogP contribution is 2.41. The molecule has 1 unspecified atom stereocenters. The Labute approximate surface area is 118 Å². The smallest absolute Gasteiger partial charge is 0.260 e. The number of fused-ring (bicyclic) bond motifs is 3. The molecule has 1 aromatic carbocycles. The second-order valence-electron chi connectivity index (χ2n) is 5.61. The van der Waals surface area contributed by atoms with Gasteiger partial charge in [0.1, 0.15) is 0 Å². The van der Waals surface area contributed by atoms with E-state index in [0.717, 1.165) is 30.5 Å². The summed E-state index contributed by atoms with van der Waals surface area (Å²) >= 11 is 0. The Morgan fingerprint density at radius 1 is 1.35 bits per heavy atom. The maximum Gasteiger partial charge on any atom is 0.260 e. The lowest BCUT2D eigenvalue weighted by atomic mass is 9.81. The number of nitrogens with one attached hydrogen (secondary N) is 1. The summed E-state index contributed by atoms with van der Waals surface area (Å²) in [5, 5.41) is 1.20. The van der Waals surface area contributed by atoms with E-state index < -0.39 is 5.60 Å². The summed E-state index contributed by atoms with van der Waals surface area (Å²) in [4.78, 5) is 17.7. The lowest BCUT2D eigenvalue weighted by Gasteiger charge is -2.36. The molecule has 0 saturated carbocycles. The fourth-order valence-electron chi connectivity index (χ4n) is 3.31. The first-order chi connectivity index (χ1) is 9.60. The normalized spacial score (nSPS) is 21.8. The predicted octanol–water partition coefficient (Wildman–Crippen LogP) is 2.43. The number of ether oxygens (including phenoxy) is 1. The lowest BCUT2D eigenvalue weighted by Crippen LogP contribution is -2.47. The topological polar surface area (TPSA) is 45.3 Å². The van der Waals surface area contributed by atoms with Gasteiger partial charge in [0, 0.05) is 32.1 Å². The van der Waals surface area contributed by atoms with E-state index in [9.17, 15) is 4.79 Å². The Balaban J connectivity index is 2.25. The summed E-state index contributed by atoms with van der Waals surface area (Å²) in [6, 6.07) is 8.20. The number of hydrogen-bond donors (Lipinski definition) is 1. The predicted molar refractivity (Wildman–Crippen MR) is 78.6 cm³/mol. The van der Waals surface area contributed by atoms with Crippen molar-refractivity contribution in [3.05, 3.63) is 35.5 Å². The Morgan fingerprint density at radius 3 is 2.80 bits per heavy atom. The van der Waals surface area contributed by atoms with E-state index in [1.54, 1.807) is 26.1 Å². The zero-order valence-electron chi connectivity index (χ0n) is 12.2. The van der Waals surface area contributed by atoms with Gasteiger partial charge in [-0.2, -0.15) is 0 Å². The molecule has 1 atom stereocenters. The van der Waals surface area contributed by atoms with E-state index in [-0.39, 0.29) is 5.91 Å². The molecular weight excluding hydrogens is 252 g/mol. The van der Waals surface area contributed by atoms with Crippen LogP contribution in [0.5, 0.6) is 0 Å². The van der Waals surface area contributed by atoms with Gasteiger partial charge in [0.25, 0.3) is 5.91 Å². The van der Waals surface area contributed by atoms with Crippen LogP contribution >= 0.6 is 0 Å². The molecule has 2 aromatic rings. The Bertz CT molecular complexity index is 660. The zero-order chi connectivity index (χ0) is 14.3. The molecule has 0 fully saturated rings. The number of para-hydroxylation sites is 1. The van der Waals surface area contributed by atoms with Crippen LogP contribution in [0.1, 0.15) is 24.1 Å². The van der Waals surface area contributed by atoms with Crippen molar-refractivity contribution in [2.45, 2.75) is 24.9 Å². The third-order valence-corrected chi connectivity index (χ3v) is 4.27. The first kappa shape index (κ1) is 13.2. The van der Waals surface area contributed by atoms with Crippen molar-refractivity contribution in [3.8, 4) is 0 Å². The van der Waals surface area contributed by atoms with Gasteiger partial charge >= 0.3 is 0 Å². The van der Waals surface area contributed by atoms with Gasteiger partial charge in [-0.15, -0.1) is 0 Å². The largest absolute Gasteiger partial charge is 0.362 e. The molecule has 4 nitrogen and oxygen atoms in total. The minimum atomic E-state index is -0.865. The number of rotatable bonds is 2. The van der Waals surface area contributed by atoms with Crippen molar-refractivity contribution in [1.82, 2.24) is 9.88 Å². The number of carbonyl (C=O) groups is 1. The second-order valence-corrected chi connectivity index (χ2v) is 5.61. The third-order valence-electron chi connectivity index (χ3n) is 4.27. The third kappa shape index (κ3) is 1.68. The minimum Gasteiger partial charge on any atom is -0.362 e. The van der Waals surface area contributed by atoms with Gasteiger partial charge < -0.3 is 14.6 Å². The number of benzene rings is 1. The van der Waals surface area contributed by atoms with Crippen LogP contribution in [0, 0.1) is 0 Å². The molecule has 0 radical (unpaired) electrons. The standard InChI is InChI=1S/C16H20N2O2/c1-18(2)15(19)16(20-3)10-6-8-12-11-7-4-5-9-13(11)17-14(12)16/h4-5,7,9,17H,6,8,10H2,1-3H3. The molecule has 1 heterocycles. The van der Waals surface area contributed by atoms with Crippen LogP contribution in [0.25, 0.3) is 10.9 Å². The molecule has 20 heavy (non-hydrogen) atoms. The Kier molecular flexibility index (Phi) is 3.05. The highest BCUT2D eigenvalue weighted by Gasteiger charge is 2.46. The van der Waals surface area contributed by atoms with Crippen LogP contribution < -0.4 is 0 Å². The number of aromatic amines is 1. The fourth-order valence-corrected chi connectivity index (χ4v) is 3.31. The van der Waals surface area contributed by atoms with Crippen LogP contribution in [0.3, 0.4) is 0 Å². The summed E-state index contributed by atoms with van der Waals surface area (Å²) in [7, 11) is 5.18. The van der Waals surface area contributed by atoms with Crippen LogP contribution in [0.15, 0.2) is 24.3 Å². The maximum atomic E-state index is 12.7. The Morgan fingerprint density at radius 2 is 2.10 bits per heavy atom. The van der Waals surface area contributed by atoms with E-state index in [1.807, 2.05) is 18.2 Å². The summed E-state index contributed by atoms with van der Waals surface area (Å²) < 4.78 is 5.74. The first-order valence-corrected chi connectivity index (χ1v) is 6.97. The maximum absolute atomic E-state index is 12.7. The summed E-state index contributed by atoms with van der Waals surface area (Å²) in [6.07, 6.45) is 2.67. The van der Waals surface area contributed by atoms with Crippen molar-refractivity contribution in [1.29, 1.82) is 0 Å². The molecule has 1 amide bonds. The molecule has 106 valence electrons. The molecule has 3 rings (SSSR count). The molecule has 0 aliphatic heterocycles. The van der Waals surface area contributed by atoms with Crippen LogP contribution in [0.2, 0.25) is 0 Å². The highest BCUT2D eigenvalue weighted by molar-refractivity contribution is 5.92. The number of nitrogens with zero attached hydrogens (tertiary/aromatic N) is 1. The number of likely N-dealkylation sites (N-methyl/N-ethyl adjacent to an activating group) is 1. The van der Waals surface area contributed by atoms with Crippen molar-refractivity contribution in [2.75, 3.05) is 21.2 Å². The SMILES string of the molecule is COC1(C(=O)N(C)C)CCCc2c1[nH]c1ccccc21. The van der Waals surface area contributed by atoms with E-state index in [2.05, 4.69) is 11.1 Å². The number of H-pyrrole nitrogens is 1. The molecular formula is C16H20N2O2. The number of aromatic nitrogens is 1. The van der Waals surface area contributed by atoms with Crippen LogP contribution in [0.4, 0.5) is 0 Å². The molecule has 1 aromatic heterocycles. The van der Waals surface area contributed by atoms with E-state index in [1.165, 1.54) is 10.9 Å². The monoisotopic (exact) mass is 272 g/mol. The zero-order valence-corrected chi connectivity index (χ0v) is 12.2. The molecule has 0 saturated heterocycles. The van der Waals surface area contributed by atoms with Gasteiger partial charge in [-0.25, -0.2) is 0 Å². The van der Waals surface area contributed by atoms with Crippen LogP contribution in [-0.4, -0.2) is 37.0 Å². The van der Waals surface area contributed by atoms with Crippen LogP contribution in [-0.2, 0) is 21.6 Å². The first-order valence-electron chi connectivity index (χ1n) is 6.97. The molecule has 4 heteroatoms. The van der Waals surface area contributed by atoms with Crippen molar-refractivity contribution in [2.24, 2.45) is 0 Å². The van der Waals surface area contributed by atoms with Crippen molar-refractivity contribution in [3.63, 3.8) is 0 Å². The average Bonchev–Trinajstić information content (AvgIpc) is 2.85. The number of aryl methyl sites for hydroxylation is 1. The molecule has 1 aliphatic rings. The van der Waals surface area contributed by atoms with Crippen molar-refractivity contribution < 1.29 is 9.53 Å². The van der Waals surface area contributed by atoms with E-state index in [0.29, 0.717) is 0 Å².